The Kier molecular flexibility index (Phi) is 6.67. The Balaban J connectivity index is 2.53. The summed E-state index contributed by atoms with van der Waals surface area (Å²) in [5, 5.41) is 2.96. The number of para-hydroxylation sites is 1. The Morgan fingerprint density at radius 1 is 1.37 bits per heavy atom. The third kappa shape index (κ3) is 5.94. The zero-order valence-corrected chi connectivity index (χ0v) is 12.9. The number of amides is 1. The SMILES string of the molecule is CSc1ccccc1NC(=O)CN(C)CC=C(C)C. The highest BCUT2D eigenvalue weighted by atomic mass is 32.2. The number of hydrogen-bond acceptors (Lipinski definition) is 3. The third-order valence-corrected chi connectivity index (χ3v) is 3.40. The van der Waals surface area contributed by atoms with E-state index < -0.39 is 0 Å². The molecule has 0 heterocycles. The van der Waals surface area contributed by atoms with Crippen molar-refractivity contribution in [1.29, 1.82) is 0 Å². The van der Waals surface area contributed by atoms with Gasteiger partial charge < -0.3 is 5.32 Å². The van der Waals surface area contributed by atoms with Gasteiger partial charge in [0.05, 0.1) is 12.2 Å². The van der Waals surface area contributed by atoms with Gasteiger partial charge in [-0.25, -0.2) is 0 Å². The predicted octanol–water partition coefficient (Wildman–Crippen LogP) is 3.25. The van der Waals surface area contributed by atoms with Crippen molar-refractivity contribution in [3.05, 3.63) is 35.9 Å². The summed E-state index contributed by atoms with van der Waals surface area (Å²) in [5.74, 6) is 0.0196. The van der Waals surface area contributed by atoms with E-state index in [1.54, 1.807) is 11.8 Å². The molecule has 0 aliphatic rings. The van der Waals surface area contributed by atoms with E-state index in [-0.39, 0.29) is 5.91 Å². The minimum atomic E-state index is 0.0196. The average Bonchev–Trinajstić information content (AvgIpc) is 2.37. The van der Waals surface area contributed by atoms with Crippen LogP contribution in [0.25, 0.3) is 0 Å². The van der Waals surface area contributed by atoms with E-state index in [9.17, 15) is 4.79 Å². The average molecular weight is 278 g/mol. The molecule has 0 saturated heterocycles. The minimum absolute atomic E-state index is 0.0196. The molecule has 1 N–H and O–H groups in total. The molecule has 0 radical (unpaired) electrons. The minimum Gasteiger partial charge on any atom is -0.324 e. The summed E-state index contributed by atoms with van der Waals surface area (Å²) in [6.45, 7) is 5.30. The molecule has 19 heavy (non-hydrogen) atoms. The third-order valence-electron chi connectivity index (χ3n) is 2.61. The Morgan fingerprint density at radius 2 is 2.05 bits per heavy atom. The van der Waals surface area contributed by atoms with E-state index in [2.05, 4.69) is 25.2 Å². The van der Waals surface area contributed by atoms with E-state index in [1.165, 1.54) is 5.57 Å². The van der Waals surface area contributed by atoms with E-state index in [1.807, 2.05) is 42.5 Å². The Morgan fingerprint density at radius 3 is 2.68 bits per heavy atom. The molecule has 104 valence electrons. The molecule has 1 aromatic rings. The zero-order chi connectivity index (χ0) is 14.3. The van der Waals surface area contributed by atoms with Gasteiger partial charge in [-0.3, -0.25) is 9.69 Å². The molecule has 1 amide bonds. The second kappa shape index (κ2) is 8.02. The topological polar surface area (TPSA) is 32.3 Å². The number of likely N-dealkylation sites (N-methyl/N-ethyl adjacent to an activating group) is 1. The molecule has 1 aromatic carbocycles. The Bertz CT molecular complexity index is 453. The monoisotopic (exact) mass is 278 g/mol. The summed E-state index contributed by atoms with van der Waals surface area (Å²) in [6.07, 6.45) is 4.12. The molecule has 0 atom stereocenters. The van der Waals surface area contributed by atoms with E-state index in [0.717, 1.165) is 17.1 Å². The van der Waals surface area contributed by atoms with Crippen LogP contribution in [-0.2, 0) is 4.79 Å². The molecule has 1 rings (SSSR count). The molecule has 3 nitrogen and oxygen atoms in total. The normalized spacial score (nSPS) is 10.4. The van der Waals surface area contributed by atoms with Crippen LogP contribution in [0.15, 0.2) is 40.8 Å². The van der Waals surface area contributed by atoms with Crippen LogP contribution < -0.4 is 5.32 Å². The van der Waals surface area contributed by atoms with Gasteiger partial charge in [0, 0.05) is 11.4 Å². The predicted molar refractivity (Wildman–Crippen MR) is 83.8 cm³/mol. The van der Waals surface area contributed by atoms with Crippen LogP contribution in [0.3, 0.4) is 0 Å². The van der Waals surface area contributed by atoms with Gasteiger partial charge >= 0.3 is 0 Å². The first kappa shape index (κ1) is 15.8. The molecule has 0 spiro atoms. The molecule has 0 fully saturated rings. The highest BCUT2D eigenvalue weighted by Crippen LogP contribution is 2.24. The largest absolute Gasteiger partial charge is 0.324 e. The van der Waals surface area contributed by atoms with Crippen molar-refractivity contribution < 1.29 is 4.79 Å². The van der Waals surface area contributed by atoms with Crippen molar-refractivity contribution in [3.8, 4) is 0 Å². The maximum Gasteiger partial charge on any atom is 0.238 e. The maximum atomic E-state index is 12.0. The van der Waals surface area contributed by atoms with Crippen molar-refractivity contribution in [2.75, 3.05) is 31.7 Å². The summed E-state index contributed by atoms with van der Waals surface area (Å²) in [4.78, 5) is 15.0. The van der Waals surface area contributed by atoms with Crippen molar-refractivity contribution >= 4 is 23.4 Å². The molecule has 0 saturated carbocycles. The molecule has 0 aliphatic carbocycles. The van der Waals surface area contributed by atoms with Crippen molar-refractivity contribution in [2.45, 2.75) is 18.7 Å². The standard InChI is InChI=1S/C15H22N2OS/c1-12(2)9-10-17(3)11-15(18)16-13-7-5-6-8-14(13)19-4/h5-9H,10-11H2,1-4H3,(H,16,18). The summed E-state index contributed by atoms with van der Waals surface area (Å²) in [7, 11) is 1.94. The number of hydrogen-bond donors (Lipinski definition) is 1. The molecule has 0 unspecified atom stereocenters. The van der Waals surface area contributed by atoms with Crippen LogP contribution in [-0.4, -0.2) is 37.2 Å². The first-order valence-electron chi connectivity index (χ1n) is 6.27. The number of rotatable bonds is 6. The summed E-state index contributed by atoms with van der Waals surface area (Å²) in [6, 6.07) is 7.84. The second-order valence-corrected chi connectivity index (χ2v) is 5.57. The number of thioether (sulfide) groups is 1. The molecular weight excluding hydrogens is 256 g/mol. The Labute approximate surface area is 120 Å². The molecule has 0 aromatic heterocycles. The number of nitrogens with zero attached hydrogens (tertiary/aromatic N) is 1. The number of carbonyl (C=O) groups excluding carboxylic acids is 1. The lowest BCUT2D eigenvalue weighted by molar-refractivity contribution is -0.116. The quantitative estimate of drug-likeness (QED) is 0.640. The van der Waals surface area contributed by atoms with Crippen LogP contribution in [0.4, 0.5) is 5.69 Å². The summed E-state index contributed by atoms with van der Waals surface area (Å²) >= 11 is 1.63. The molecular formula is C15H22N2OS. The lowest BCUT2D eigenvalue weighted by Crippen LogP contribution is -2.30. The number of anilines is 1. The van der Waals surface area contributed by atoms with Crippen LogP contribution >= 0.6 is 11.8 Å². The van der Waals surface area contributed by atoms with Crippen molar-refractivity contribution in [2.24, 2.45) is 0 Å². The van der Waals surface area contributed by atoms with Gasteiger partial charge in [-0.2, -0.15) is 0 Å². The lowest BCUT2D eigenvalue weighted by atomic mass is 10.3. The maximum absolute atomic E-state index is 12.0. The molecule has 4 heteroatoms. The van der Waals surface area contributed by atoms with Gasteiger partial charge in [0.25, 0.3) is 0 Å². The van der Waals surface area contributed by atoms with Gasteiger partial charge in [0.15, 0.2) is 0 Å². The van der Waals surface area contributed by atoms with Gasteiger partial charge in [-0.1, -0.05) is 23.8 Å². The fourth-order valence-electron chi connectivity index (χ4n) is 1.59. The first-order valence-corrected chi connectivity index (χ1v) is 7.50. The van der Waals surface area contributed by atoms with Crippen LogP contribution in [0.1, 0.15) is 13.8 Å². The fraction of sp³-hybridized carbons (Fsp3) is 0.400. The first-order chi connectivity index (χ1) is 9.02. The van der Waals surface area contributed by atoms with E-state index >= 15 is 0 Å². The lowest BCUT2D eigenvalue weighted by Gasteiger charge is -2.15. The van der Waals surface area contributed by atoms with Gasteiger partial charge in [0.1, 0.15) is 0 Å². The van der Waals surface area contributed by atoms with E-state index in [4.69, 9.17) is 0 Å². The second-order valence-electron chi connectivity index (χ2n) is 4.73. The van der Waals surface area contributed by atoms with Crippen molar-refractivity contribution in [1.82, 2.24) is 4.90 Å². The van der Waals surface area contributed by atoms with E-state index in [0.29, 0.717) is 6.54 Å². The molecule has 0 bridgehead atoms. The van der Waals surface area contributed by atoms with Crippen LogP contribution in [0.2, 0.25) is 0 Å². The zero-order valence-electron chi connectivity index (χ0n) is 12.1. The highest BCUT2D eigenvalue weighted by Gasteiger charge is 2.08. The van der Waals surface area contributed by atoms with Gasteiger partial charge in [-0.15, -0.1) is 11.8 Å². The number of nitrogens with one attached hydrogen (secondary N) is 1. The van der Waals surface area contributed by atoms with Gasteiger partial charge in [-0.05, 0) is 39.3 Å². The highest BCUT2D eigenvalue weighted by molar-refractivity contribution is 7.98. The number of benzene rings is 1. The smallest absolute Gasteiger partial charge is 0.238 e. The Hall–Kier alpha value is -1.26. The number of carbonyl (C=O) groups is 1. The fourth-order valence-corrected chi connectivity index (χ4v) is 2.14. The molecule has 0 aliphatic heterocycles. The van der Waals surface area contributed by atoms with Crippen LogP contribution in [0.5, 0.6) is 0 Å². The number of allylic oxidation sites excluding steroid dienone is 1. The van der Waals surface area contributed by atoms with Gasteiger partial charge in [0.2, 0.25) is 5.91 Å². The summed E-state index contributed by atoms with van der Waals surface area (Å²) in [5.41, 5.74) is 2.15. The summed E-state index contributed by atoms with van der Waals surface area (Å²) < 4.78 is 0. The van der Waals surface area contributed by atoms with Crippen LogP contribution in [0, 0.1) is 0 Å². The van der Waals surface area contributed by atoms with Crippen molar-refractivity contribution in [3.63, 3.8) is 0 Å².